The van der Waals surface area contributed by atoms with Crippen LogP contribution in [-0.2, 0) is 18.3 Å². The lowest BCUT2D eigenvalue weighted by atomic mass is 10.3. The maximum Gasteiger partial charge on any atom is 0.300 e. The van der Waals surface area contributed by atoms with Crippen LogP contribution in [-0.4, -0.2) is 40.1 Å². The number of thiazole rings is 1. The van der Waals surface area contributed by atoms with E-state index in [1.54, 1.807) is 11.7 Å². The van der Waals surface area contributed by atoms with Crippen molar-refractivity contribution in [3.63, 3.8) is 0 Å². The van der Waals surface area contributed by atoms with Crippen LogP contribution >= 0.6 is 11.3 Å². The first kappa shape index (κ1) is 19.3. The van der Waals surface area contributed by atoms with Gasteiger partial charge in [0.2, 0.25) is 0 Å². The summed E-state index contributed by atoms with van der Waals surface area (Å²) >= 11 is 1.46. The van der Waals surface area contributed by atoms with Gasteiger partial charge in [0.1, 0.15) is 5.75 Å². The van der Waals surface area contributed by atoms with Gasteiger partial charge in [-0.05, 0) is 39.0 Å². The summed E-state index contributed by atoms with van der Waals surface area (Å²) in [6, 6.07) is 5.92. The summed E-state index contributed by atoms with van der Waals surface area (Å²) in [5.74, 6) is 0.469. The third-order valence-electron chi connectivity index (χ3n) is 4.04. The molecule has 0 aliphatic carbocycles. The summed E-state index contributed by atoms with van der Waals surface area (Å²) < 4.78 is 15.8. The van der Waals surface area contributed by atoms with Crippen LogP contribution in [0.2, 0.25) is 0 Å². The van der Waals surface area contributed by atoms with Crippen LogP contribution < -0.4 is 9.54 Å². The molecule has 144 valence electrons. The van der Waals surface area contributed by atoms with Crippen LogP contribution in [0, 0.1) is 6.92 Å². The van der Waals surface area contributed by atoms with E-state index in [1.807, 2.05) is 49.7 Å². The average molecular weight is 388 g/mol. The molecule has 0 spiro atoms. The largest absolute Gasteiger partial charge is 0.494 e. The van der Waals surface area contributed by atoms with Crippen molar-refractivity contribution in [3.8, 4) is 5.75 Å². The number of amides is 1. The Bertz CT molecular complexity index is 1020. The van der Waals surface area contributed by atoms with E-state index in [2.05, 4.69) is 10.1 Å². The lowest BCUT2D eigenvalue weighted by molar-refractivity contribution is 0.0990. The summed E-state index contributed by atoms with van der Waals surface area (Å²) in [6.45, 7) is 8.21. The lowest BCUT2D eigenvalue weighted by Crippen LogP contribution is -2.20. The van der Waals surface area contributed by atoms with Crippen molar-refractivity contribution < 1.29 is 14.3 Å². The van der Waals surface area contributed by atoms with Crippen LogP contribution in [0.4, 0.5) is 0 Å². The number of carbonyl (C=O) groups is 1. The zero-order valence-electron chi connectivity index (χ0n) is 16.1. The Balaban J connectivity index is 2.07. The number of ether oxygens (including phenoxy) is 2. The van der Waals surface area contributed by atoms with Crippen LogP contribution in [0.5, 0.6) is 5.75 Å². The Morgan fingerprint density at radius 2 is 2.11 bits per heavy atom. The highest BCUT2D eigenvalue weighted by Crippen LogP contribution is 2.23. The number of benzene rings is 1. The van der Waals surface area contributed by atoms with Crippen molar-refractivity contribution in [1.82, 2.24) is 14.3 Å². The first-order chi connectivity index (χ1) is 13.0. The molecule has 1 amide bonds. The topological polar surface area (TPSA) is 70.6 Å². The third kappa shape index (κ3) is 4.28. The maximum atomic E-state index is 12.7. The predicted octanol–water partition coefficient (Wildman–Crippen LogP) is 2.92. The number of nitrogens with zero attached hydrogens (tertiary/aromatic N) is 4. The first-order valence-corrected chi connectivity index (χ1v) is 9.78. The minimum absolute atomic E-state index is 0.338. The number of carbonyl (C=O) groups excluding carboxylic acids is 1. The lowest BCUT2D eigenvalue weighted by Gasteiger charge is -2.06. The first-order valence-electron chi connectivity index (χ1n) is 8.96. The molecule has 3 aromatic rings. The smallest absolute Gasteiger partial charge is 0.300 e. The second-order valence-electron chi connectivity index (χ2n) is 6.05. The molecule has 0 aliphatic rings. The Morgan fingerprint density at radius 3 is 2.78 bits per heavy atom. The number of hydrogen-bond acceptors (Lipinski definition) is 5. The minimum Gasteiger partial charge on any atom is -0.494 e. The standard InChI is InChI=1S/C19H24N4O3S/c1-5-25-10-9-23-15-8-7-14(26-6-2)11-16(15)27-19(23)20-18(24)17-13(3)12-22(4)21-17/h7-8,11-12H,5-6,9-10H2,1-4H3. The third-order valence-corrected chi connectivity index (χ3v) is 5.08. The summed E-state index contributed by atoms with van der Waals surface area (Å²) in [7, 11) is 1.79. The van der Waals surface area contributed by atoms with Gasteiger partial charge in [-0.2, -0.15) is 10.1 Å². The van der Waals surface area contributed by atoms with E-state index < -0.39 is 0 Å². The normalized spacial score (nSPS) is 12.1. The van der Waals surface area contributed by atoms with Gasteiger partial charge in [0.15, 0.2) is 10.5 Å². The van der Waals surface area contributed by atoms with Crippen molar-refractivity contribution in [3.05, 3.63) is 40.5 Å². The van der Waals surface area contributed by atoms with Gasteiger partial charge in [-0.25, -0.2) is 0 Å². The monoisotopic (exact) mass is 388 g/mol. The van der Waals surface area contributed by atoms with Crippen molar-refractivity contribution in [1.29, 1.82) is 0 Å². The molecule has 0 atom stereocenters. The summed E-state index contributed by atoms with van der Waals surface area (Å²) in [4.78, 5) is 17.7. The predicted molar refractivity (Wildman–Crippen MR) is 105 cm³/mol. The van der Waals surface area contributed by atoms with Gasteiger partial charge in [-0.15, -0.1) is 0 Å². The zero-order chi connectivity index (χ0) is 19.4. The highest BCUT2D eigenvalue weighted by atomic mass is 32.1. The zero-order valence-corrected chi connectivity index (χ0v) is 16.9. The molecule has 0 fully saturated rings. The Morgan fingerprint density at radius 1 is 1.30 bits per heavy atom. The molecule has 2 aromatic heterocycles. The van der Waals surface area contributed by atoms with Crippen molar-refractivity contribution in [2.24, 2.45) is 12.0 Å². The van der Waals surface area contributed by atoms with Gasteiger partial charge in [0.25, 0.3) is 5.91 Å². The van der Waals surface area contributed by atoms with Crippen molar-refractivity contribution in [2.45, 2.75) is 27.3 Å². The molecule has 0 radical (unpaired) electrons. The molecule has 3 rings (SSSR count). The Hall–Kier alpha value is -2.45. The van der Waals surface area contributed by atoms with E-state index in [9.17, 15) is 4.79 Å². The fourth-order valence-corrected chi connectivity index (χ4v) is 3.95. The fraction of sp³-hybridized carbons (Fsp3) is 0.421. The molecule has 27 heavy (non-hydrogen) atoms. The quantitative estimate of drug-likeness (QED) is 0.584. The van der Waals surface area contributed by atoms with Crippen LogP contribution in [0.25, 0.3) is 10.2 Å². The van der Waals surface area contributed by atoms with E-state index in [-0.39, 0.29) is 5.91 Å². The fourth-order valence-electron chi connectivity index (χ4n) is 2.87. The molecule has 2 heterocycles. The molecule has 7 nitrogen and oxygen atoms in total. The molecule has 0 N–H and O–H groups in total. The number of rotatable bonds is 7. The van der Waals surface area contributed by atoms with Gasteiger partial charge in [0.05, 0.1) is 23.4 Å². The molecule has 0 unspecified atom stereocenters. The minimum atomic E-state index is -0.338. The van der Waals surface area contributed by atoms with Gasteiger partial charge in [0, 0.05) is 32.0 Å². The average Bonchev–Trinajstić information content (AvgIpc) is 3.14. The van der Waals surface area contributed by atoms with E-state index in [1.165, 1.54) is 11.3 Å². The molecule has 1 aromatic carbocycles. The van der Waals surface area contributed by atoms with Gasteiger partial charge >= 0.3 is 0 Å². The number of aromatic nitrogens is 3. The van der Waals surface area contributed by atoms with Crippen LogP contribution in [0.3, 0.4) is 0 Å². The number of aryl methyl sites for hydroxylation is 2. The Kier molecular flexibility index (Phi) is 6.08. The van der Waals surface area contributed by atoms with E-state index in [4.69, 9.17) is 9.47 Å². The Labute approximate surface area is 161 Å². The van der Waals surface area contributed by atoms with Crippen LogP contribution in [0.15, 0.2) is 29.4 Å². The highest BCUT2D eigenvalue weighted by Gasteiger charge is 2.14. The van der Waals surface area contributed by atoms with Crippen molar-refractivity contribution >= 4 is 27.5 Å². The summed E-state index contributed by atoms with van der Waals surface area (Å²) in [6.07, 6.45) is 1.81. The van der Waals surface area contributed by atoms with E-state index in [0.29, 0.717) is 36.9 Å². The highest BCUT2D eigenvalue weighted by molar-refractivity contribution is 7.16. The van der Waals surface area contributed by atoms with Gasteiger partial charge in [-0.3, -0.25) is 9.48 Å². The molecule has 8 heteroatoms. The van der Waals surface area contributed by atoms with Gasteiger partial charge < -0.3 is 14.0 Å². The van der Waals surface area contributed by atoms with E-state index >= 15 is 0 Å². The molecular weight excluding hydrogens is 364 g/mol. The second-order valence-corrected chi connectivity index (χ2v) is 7.06. The summed E-state index contributed by atoms with van der Waals surface area (Å²) in [5.41, 5.74) is 2.20. The summed E-state index contributed by atoms with van der Waals surface area (Å²) in [5, 5.41) is 4.23. The van der Waals surface area contributed by atoms with Crippen LogP contribution in [0.1, 0.15) is 29.9 Å². The molecule has 0 saturated heterocycles. The maximum absolute atomic E-state index is 12.7. The second kappa shape index (κ2) is 8.49. The number of fused-ring (bicyclic) bond motifs is 1. The number of hydrogen-bond donors (Lipinski definition) is 0. The SMILES string of the molecule is CCOCCn1c(=NC(=O)c2nn(C)cc2C)sc2cc(OCC)ccc21. The molecular formula is C19H24N4O3S. The molecule has 0 aliphatic heterocycles. The molecule has 0 saturated carbocycles. The van der Waals surface area contributed by atoms with Crippen molar-refractivity contribution in [2.75, 3.05) is 19.8 Å². The van der Waals surface area contributed by atoms with E-state index in [0.717, 1.165) is 21.5 Å². The van der Waals surface area contributed by atoms with Gasteiger partial charge in [-0.1, -0.05) is 11.3 Å². The molecule has 0 bridgehead atoms.